The Bertz CT molecular complexity index is 547. The molecule has 1 aromatic heterocycles. The summed E-state index contributed by atoms with van der Waals surface area (Å²) in [4.78, 5) is 12.1. The van der Waals surface area contributed by atoms with Crippen LogP contribution in [0.25, 0.3) is 6.08 Å². The predicted molar refractivity (Wildman–Crippen MR) is 78.1 cm³/mol. The zero-order valence-electron chi connectivity index (χ0n) is 10.4. The molecule has 0 spiro atoms. The Morgan fingerprint density at radius 3 is 2.63 bits per heavy atom. The van der Waals surface area contributed by atoms with E-state index in [4.69, 9.17) is 5.11 Å². The van der Waals surface area contributed by atoms with E-state index in [9.17, 15) is 4.79 Å². The highest BCUT2D eigenvalue weighted by Gasteiger charge is 2.07. The van der Waals surface area contributed by atoms with Crippen LogP contribution < -0.4 is 5.32 Å². The minimum Gasteiger partial charge on any atom is -0.478 e. The molecule has 4 heteroatoms. The number of hydrogen-bond donors (Lipinski definition) is 2. The number of carboxylic acids is 1. The summed E-state index contributed by atoms with van der Waals surface area (Å²) >= 11 is 1.53. The second kappa shape index (κ2) is 6.87. The minimum absolute atomic E-state index is 0.349. The van der Waals surface area contributed by atoms with Gasteiger partial charge in [0.15, 0.2) is 0 Å². The Morgan fingerprint density at radius 2 is 2.00 bits per heavy atom. The Kier molecular flexibility index (Phi) is 4.89. The summed E-state index contributed by atoms with van der Waals surface area (Å²) in [5, 5.41) is 14.2. The molecule has 0 radical (unpaired) electrons. The molecule has 0 aliphatic rings. The number of aliphatic carboxylic acids is 1. The molecule has 1 heterocycles. The first kappa shape index (κ1) is 13.5. The Hall–Kier alpha value is -1.91. The monoisotopic (exact) mass is 273 g/mol. The molecule has 0 saturated heterocycles. The van der Waals surface area contributed by atoms with Crippen LogP contribution >= 0.6 is 11.3 Å². The Labute approximate surface area is 116 Å². The number of carbonyl (C=O) groups is 1. The lowest BCUT2D eigenvalue weighted by Gasteiger charge is -2.05. The van der Waals surface area contributed by atoms with Crippen molar-refractivity contribution in [3.05, 3.63) is 63.9 Å². The standard InChI is InChI=1S/C15H15NO2S/c17-15(18)13(9-14-7-4-8-19-14)11-16-10-12-5-2-1-3-6-12/h1-9,16H,10-11H2,(H,17,18)/b13-9+. The van der Waals surface area contributed by atoms with Crippen molar-refractivity contribution in [1.82, 2.24) is 5.32 Å². The van der Waals surface area contributed by atoms with Crippen LogP contribution in [-0.4, -0.2) is 17.6 Å². The van der Waals surface area contributed by atoms with Gasteiger partial charge >= 0.3 is 5.97 Å². The average molecular weight is 273 g/mol. The molecule has 98 valence electrons. The maximum absolute atomic E-state index is 11.2. The van der Waals surface area contributed by atoms with E-state index >= 15 is 0 Å². The van der Waals surface area contributed by atoms with Gasteiger partial charge < -0.3 is 10.4 Å². The number of hydrogen-bond acceptors (Lipinski definition) is 3. The fraction of sp³-hybridized carbons (Fsp3) is 0.133. The van der Waals surface area contributed by atoms with Crippen molar-refractivity contribution in [3.8, 4) is 0 Å². The van der Waals surface area contributed by atoms with Gasteiger partial charge in [0.2, 0.25) is 0 Å². The smallest absolute Gasteiger partial charge is 0.332 e. The molecule has 0 amide bonds. The minimum atomic E-state index is -0.881. The van der Waals surface area contributed by atoms with E-state index in [0.29, 0.717) is 18.7 Å². The molecule has 2 rings (SSSR count). The van der Waals surface area contributed by atoms with Crippen LogP contribution in [0.1, 0.15) is 10.4 Å². The predicted octanol–water partition coefficient (Wildman–Crippen LogP) is 3.01. The summed E-state index contributed by atoms with van der Waals surface area (Å²) in [6.45, 7) is 1.01. The van der Waals surface area contributed by atoms with Gasteiger partial charge in [0.1, 0.15) is 0 Å². The van der Waals surface area contributed by atoms with Crippen LogP contribution in [0.5, 0.6) is 0 Å². The molecule has 0 aliphatic heterocycles. The number of benzene rings is 1. The maximum atomic E-state index is 11.2. The molecule has 3 nitrogen and oxygen atoms in total. The first-order chi connectivity index (χ1) is 9.25. The van der Waals surface area contributed by atoms with Crippen molar-refractivity contribution in [2.24, 2.45) is 0 Å². The van der Waals surface area contributed by atoms with Crippen LogP contribution in [0, 0.1) is 0 Å². The number of rotatable bonds is 6. The lowest BCUT2D eigenvalue weighted by Crippen LogP contribution is -2.20. The summed E-state index contributed by atoms with van der Waals surface area (Å²) in [5.41, 5.74) is 1.52. The molecule has 0 fully saturated rings. The van der Waals surface area contributed by atoms with Gasteiger partial charge in [-0.05, 0) is 23.1 Å². The van der Waals surface area contributed by atoms with Crippen LogP contribution in [-0.2, 0) is 11.3 Å². The van der Waals surface area contributed by atoms with Crippen molar-refractivity contribution in [2.45, 2.75) is 6.54 Å². The molecule has 19 heavy (non-hydrogen) atoms. The first-order valence-electron chi connectivity index (χ1n) is 5.98. The van der Waals surface area contributed by atoms with E-state index < -0.39 is 5.97 Å². The van der Waals surface area contributed by atoms with E-state index in [1.807, 2.05) is 47.8 Å². The van der Waals surface area contributed by atoms with Crippen molar-refractivity contribution in [1.29, 1.82) is 0 Å². The van der Waals surface area contributed by atoms with Gasteiger partial charge in [0.25, 0.3) is 0 Å². The van der Waals surface area contributed by atoms with Gasteiger partial charge in [-0.2, -0.15) is 0 Å². The van der Waals surface area contributed by atoms with Crippen molar-refractivity contribution in [3.63, 3.8) is 0 Å². The maximum Gasteiger partial charge on any atom is 0.332 e. The van der Waals surface area contributed by atoms with Crippen LogP contribution in [0.2, 0.25) is 0 Å². The lowest BCUT2D eigenvalue weighted by molar-refractivity contribution is -0.132. The summed E-state index contributed by atoms with van der Waals surface area (Å²) in [6.07, 6.45) is 1.71. The Morgan fingerprint density at radius 1 is 1.21 bits per heavy atom. The molecular weight excluding hydrogens is 258 g/mol. The van der Waals surface area contributed by atoms with Gasteiger partial charge in [0, 0.05) is 18.0 Å². The van der Waals surface area contributed by atoms with E-state index in [-0.39, 0.29) is 0 Å². The third-order valence-electron chi connectivity index (χ3n) is 2.62. The van der Waals surface area contributed by atoms with E-state index in [0.717, 1.165) is 10.4 Å². The normalized spacial score (nSPS) is 11.5. The zero-order valence-corrected chi connectivity index (χ0v) is 11.2. The molecule has 0 saturated carbocycles. The largest absolute Gasteiger partial charge is 0.478 e. The van der Waals surface area contributed by atoms with Crippen LogP contribution in [0.15, 0.2) is 53.4 Å². The van der Waals surface area contributed by atoms with Gasteiger partial charge in [-0.15, -0.1) is 11.3 Å². The molecule has 0 atom stereocenters. The number of thiophene rings is 1. The second-order valence-corrected chi connectivity index (χ2v) is 5.06. The van der Waals surface area contributed by atoms with Gasteiger partial charge in [-0.25, -0.2) is 4.79 Å². The third-order valence-corrected chi connectivity index (χ3v) is 3.44. The summed E-state index contributed by atoms with van der Waals surface area (Å²) in [6, 6.07) is 13.7. The molecule has 0 bridgehead atoms. The zero-order chi connectivity index (χ0) is 13.5. The van der Waals surface area contributed by atoms with Gasteiger partial charge in [0.05, 0.1) is 5.57 Å². The van der Waals surface area contributed by atoms with Crippen molar-refractivity contribution >= 4 is 23.4 Å². The summed E-state index contributed by atoms with van der Waals surface area (Å²) < 4.78 is 0. The number of carboxylic acid groups (broad SMARTS) is 1. The highest BCUT2D eigenvalue weighted by molar-refractivity contribution is 7.10. The van der Waals surface area contributed by atoms with Crippen molar-refractivity contribution < 1.29 is 9.90 Å². The van der Waals surface area contributed by atoms with E-state index in [1.54, 1.807) is 6.08 Å². The van der Waals surface area contributed by atoms with Crippen LogP contribution in [0.3, 0.4) is 0 Å². The van der Waals surface area contributed by atoms with Gasteiger partial charge in [-0.3, -0.25) is 0 Å². The topological polar surface area (TPSA) is 49.3 Å². The fourth-order valence-electron chi connectivity index (χ4n) is 1.67. The lowest BCUT2D eigenvalue weighted by atomic mass is 10.2. The van der Waals surface area contributed by atoms with Crippen LogP contribution in [0.4, 0.5) is 0 Å². The highest BCUT2D eigenvalue weighted by Crippen LogP contribution is 2.13. The summed E-state index contributed by atoms with van der Waals surface area (Å²) in [5.74, 6) is -0.881. The molecule has 2 N–H and O–H groups in total. The average Bonchev–Trinajstić information content (AvgIpc) is 2.91. The third kappa shape index (κ3) is 4.35. The molecule has 0 aliphatic carbocycles. The fourth-order valence-corrected chi connectivity index (χ4v) is 2.35. The highest BCUT2D eigenvalue weighted by atomic mass is 32.1. The van der Waals surface area contributed by atoms with E-state index in [2.05, 4.69) is 5.32 Å². The summed E-state index contributed by atoms with van der Waals surface area (Å²) in [7, 11) is 0. The molecular formula is C15H15NO2S. The quantitative estimate of drug-likeness (QED) is 0.795. The second-order valence-electron chi connectivity index (χ2n) is 4.08. The SMILES string of the molecule is O=C(O)/C(=C/c1cccs1)CNCc1ccccc1. The van der Waals surface area contributed by atoms with E-state index in [1.165, 1.54) is 11.3 Å². The molecule has 2 aromatic rings. The van der Waals surface area contributed by atoms with Gasteiger partial charge in [-0.1, -0.05) is 36.4 Å². The Balaban J connectivity index is 1.93. The molecule has 1 aromatic carbocycles. The number of nitrogens with one attached hydrogen (secondary N) is 1. The van der Waals surface area contributed by atoms with Crippen molar-refractivity contribution in [2.75, 3.05) is 6.54 Å². The first-order valence-corrected chi connectivity index (χ1v) is 6.85. The molecule has 0 unspecified atom stereocenters.